The van der Waals surface area contributed by atoms with Crippen molar-refractivity contribution in [2.24, 2.45) is 0 Å². The molecule has 1 aliphatic heterocycles. The zero-order valence-electron chi connectivity index (χ0n) is 15.3. The number of carbonyl (C=O) groups excluding carboxylic acids is 1. The Morgan fingerprint density at radius 3 is 2.60 bits per heavy atom. The van der Waals surface area contributed by atoms with E-state index in [0.29, 0.717) is 0 Å². The van der Waals surface area contributed by atoms with Gasteiger partial charge >= 0.3 is 0 Å². The molecule has 2 aromatic rings. The molecule has 0 saturated carbocycles. The van der Waals surface area contributed by atoms with Crippen LogP contribution in [-0.2, 0) is 4.79 Å². The third-order valence-electron chi connectivity index (χ3n) is 5.08. The van der Waals surface area contributed by atoms with Crippen LogP contribution in [0.25, 0.3) is 0 Å². The molecule has 1 aliphatic rings. The molecule has 3 N–H and O–H groups in total. The van der Waals surface area contributed by atoms with Crippen molar-refractivity contribution in [3.63, 3.8) is 0 Å². The van der Waals surface area contributed by atoms with Gasteiger partial charge in [-0.15, -0.1) is 0 Å². The maximum atomic E-state index is 12.6. The minimum Gasteiger partial charge on any atom is -0.321 e. The summed E-state index contributed by atoms with van der Waals surface area (Å²) >= 11 is 0. The predicted molar refractivity (Wildman–Crippen MR) is 99.9 cm³/mol. The van der Waals surface area contributed by atoms with Gasteiger partial charge in [0.1, 0.15) is 26.2 Å². The summed E-state index contributed by atoms with van der Waals surface area (Å²) in [5.74, 6) is 1.25. The lowest BCUT2D eigenvalue weighted by atomic mass is 10.1. The van der Waals surface area contributed by atoms with Gasteiger partial charge in [0, 0.05) is 11.8 Å². The summed E-state index contributed by atoms with van der Waals surface area (Å²) in [5.41, 5.74) is 3.24. The highest BCUT2D eigenvalue weighted by atomic mass is 16.2. The number of benzene rings is 1. The standard InChI is InChI=1S/C20H26N4O/c1-15-7-8-18(16(2)14-15)22-20(25)17(3)23-10-12-24(13-11-23)19-6-4-5-9-21-19/h4-9,14,17H,10-13H2,1-3H3,(H,22,25)/p+2/t17-/m0/s1. The highest BCUT2D eigenvalue weighted by Gasteiger charge is 2.32. The van der Waals surface area contributed by atoms with Gasteiger partial charge in [-0.2, -0.15) is 0 Å². The Kier molecular flexibility index (Phi) is 5.34. The average Bonchev–Trinajstić information content (AvgIpc) is 2.64. The molecule has 1 aromatic heterocycles. The first-order valence-corrected chi connectivity index (χ1v) is 8.99. The van der Waals surface area contributed by atoms with Crippen LogP contribution in [0, 0.1) is 13.8 Å². The lowest BCUT2D eigenvalue weighted by Gasteiger charge is -2.31. The molecule has 1 saturated heterocycles. The zero-order chi connectivity index (χ0) is 17.8. The van der Waals surface area contributed by atoms with Crippen LogP contribution in [0.1, 0.15) is 18.1 Å². The number of aryl methyl sites for hydroxylation is 2. The molecule has 0 aliphatic carbocycles. The number of pyridine rings is 1. The molecular weight excluding hydrogens is 312 g/mol. The molecule has 3 rings (SSSR count). The number of H-pyrrole nitrogens is 1. The van der Waals surface area contributed by atoms with Crippen molar-refractivity contribution >= 4 is 17.4 Å². The first-order valence-electron chi connectivity index (χ1n) is 8.99. The van der Waals surface area contributed by atoms with Crippen molar-refractivity contribution in [1.29, 1.82) is 0 Å². The number of nitrogens with one attached hydrogen (secondary N) is 3. The fraction of sp³-hybridized carbons (Fsp3) is 0.400. The first kappa shape index (κ1) is 17.4. The minimum absolute atomic E-state index is 0.0531. The summed E-state index contributed by atoms with van der Waals surface area (Å²) in [6, 6.07) is 12.2. The van der Waals surface area contributed by atoms with Crippen molar-refractivity contribution in [2.75, 3.05) is 36.4 Å². The number of amides is 1. The summed E-state index contributed by atoms with van der Waals surface area (Å²) in [6.45, 7) is 9.96. The predicted octanol–water partition coefficient (Wildman–Crippen LogP) is 0.850. The summed E-state index contributed by atoms with van der Waals surface area (Å²) in [5, 5.41) is 3.10. The van der Waals surface area contributed by atoms with Crippen LogP contribution in [0.2, 0.25) is 0 Å². The molecule has 5 heteroatoms. The molecular formula is C20H28N4O+2. The van der Waals surface area contributed by atoms with E-state index in [-0.39, 0.29) is 11.9 Å². The van der Waals surface area contributed by atoms with E-state index in [0.717, 1.165) is 43.2 Å². The number of carbonyl (C=O) groups is 1. The number of hydrogen-bond acceptors (Lipinski definition) is 2. The smallest absolute Gasteiger partial charge is 0.282 e. The average molecular weight is 340 g/mol. The lowest BCUT2D eigenvalue weighted by molar-refractivity contribution is -0.914. The number of rotatable bonds is 4. The molecule has 0 bridgehead atoms. The monoisotopic (exact) mass is 340 g/mol. The number of nitrogens with zero attached hydrogens (tertiary/aromatic N) is 1. The van der Waals surface area contributed by atoms with Crippen molar-refractivity contribution in [2.45, 2.75) is 26.8 Å². The van der Waals surface area contributed by atoms with Crippen LogP contribution in [0.4, 0.5) is 11.5 Å². The van der Waals surface area contributed by atoms with Crippen molar-refractivity contribution in [1.82, 2.24) is 0 Å². The fourth-order valence-corrected chi connectivity index (χ4v) is 3.43. The van der Waals surface area contributed by atoms with E-state index in [1.54, 1.807) is 0 Å². The van der Waals surface area contributed by atoms with Crippen molar-refractivity contribution in [3.05, 3.63) is 53.7 Å². The Morgan fingerprint density at radius 1 is 1.20 bits per heavy atom. The quantitative estimate of drug-likeness (QED) is 0.867. The Bertz CT molecular complexity index is 724. The molecule has 1 amide bonds. The molecule has 0 spiro atoms. The Labute approximate surface area is 149 Å². The molecule has 25 heavy (non-hydrogen) atoms. The van der Waals surface area contributed by atoms with Crippen LogP contribution in [0.15, 0.2) is 42.6 Å². The molecule has 132 valence electrons. The van der Waals surface area contributed by atoms with E-state index in [2.05, 4.69) is 34.3 Å². The van der Waals surface area contributed by atoms with E-state index < -0.39 is 0 Å². The summed E-state index contributed by atoms with van der Waals surface area (Å²) in [6.07, 6.45) is 1.95. The summed E-state index contributed by atoms with van der Waals surface area (Å²) in [7, 11) is 0. The van der Waals surface area contributed by atoms with Gasteiger partial charge in [-0.3, -0.25) is 9.69 Å². The maximum Gasteiger partial charge on any atom is 0.282 e. The van der Waals surface area contributed by atoms with Gasteiger partial charge in [0.15, 0.2) is 6.04 Å². The van der Waals surface area contributed by atoms with E-state index in [9.17, 15) is 4.79 Å². The van der Waals surface area contributed by atoms with Crippen LogP contribution >= 0.6 is 0 Å². The minimum atomic E-state index is -0.0531. The van der Waals surface area contributed by atoms with Crippen LogP contribution in [-0.4, -0.2) is 38.1 Å². The van der Waals surface area contributed by atoms with E-state index in [4.69, 9.17) is 0 Å². The second-order valence-corrected chi connectivity index (χ2v) is 6.92. The largest absolute Gasteiger partial charge is 0.321 e. The lowest BCUT2D eigenvalue weighted by Crippen LogP contribution is -3.19. The number of hydrogen-bond donors (Lipinski definition) is 2. The number of anilines is 2. The molecule has 2 heterocycles. The van der Waals surface area contributed by atoms with Crippen molar-refractivity contribution in [3.8, 4) is 0 Å². The Morgan fingerprint density at radius 2 is 1.96 bits per heavy atom. The van der Waals surface area contributed by atoms with E-state index in [1.165, 1.54) is 10.5 Å². The van der Waals surface area contributed by atoms with Crippen LogP contribution in [0.5, 0.6) is 0 Å². The SMILES string of the molecule is Cc1ccc(NC(=O)[C@H](C)[NH+]2CCN(c3cccc[nH+]3)CC2)c(C)c1. The van der Waals surface area contributed by atoms with Gasteiger partial charge < -0.3 is 10.2 Å². The first-order chi connectivity index (χ1) is 12.0. The number of aromatic nitrogens is 1. The molecule has 0 unspecified atom stereocenters. The molecule has 1 fully saturated rings. The molecule has 0 radical (unpaired) electrons. The van der Waals surface area contributed by atoms with Gasteiger partial charge in [-0.25, -0.2) is 4.98 Å². The topological polar surface area (TPSA) is 50.9 Å². The second kappa shape index (κ2) is 7.66. The van der Waals surface area contributed by atoms with Crippen LogP contribution < -0.4 is 20.1 Å². The van der Waals surface area contributed by atoms with E-state index in [1.807, 2.05) is 44.3 Å². The second-order valence-electron chi connectivity index (χ2n) is 6.92. The summed E-state index contributed by atoms with van der Waals surface area (Å²) < 4.78 is 0. The van der Waals surface area contributed by atoms with Crippen LogP contribution in [0.3, 0.4) is 0 Å². The normalized spacial score (nSPS) is 16.5. The fourth-order valence-electron chi connectivity index (χ4n) is 3.43. The Balaban J connectivity index is 1.56. The number of piperazine rings is 1. The zero-order valence-corrected chi connectivity index (χ0v) is 15.3. The molecule has 1 aromatic carbocycles. The van der Waals surface area contributed by atoms with Gasteiger partial charge in [0.25, 0.3) is 11.7 Å². The third kappa shape index (κ3) is 4.17. The van der Waals surface area contributed by atoms with Gasteiger partial charge in [-0.05, 0) is 38.5 Å². The number of aromatic amines is 1. The Hall–Kier alpha value is -2.40. The summed E-state index contributed by atoms with van der Waals surface area (Å²) in [4.78, 5) is 19.6. The maximum absolute atomic E-state index is 12.6. The highest BCUT2D eigenvalue weighted by molar-refractivity contribution is 5.94. The van der Waals surface area contributed by atoms with Gasteiger partial charge in [0.2, 0.25) is 0 Å². The van der Waals surface area contributed by atoms with Crippen molar-refractivity contribution < 1.29 is 14.7 Å². The molecule has 1 atom stereocenters. The number of quaternary nitrogens is 1. The highest BCUT2D eigenvalue weighted by Crippen LogP contribution is 2.16. The van der Waals surface area contributed by atoms with Gasteiger partial charge in [0.05, 0.1) is 6.20 Å². The van der Waals surface area contributed by atoms with E-state index >= 15 is 0 Å². The molecule has 5 nitrogen and oxygen atoms in total. The van der Waals surface area contributed by atoms with Gasteiger partial charge in [-0.1, -0.05) is 23.8 Å². The third-order valence-corrected chi connectivity index (χ3v) is 5.08.